The van der Waals surface area contributed by atoms with E-state index < -0.39 is 9.84 Å². The number of rotatable bonds is 7. The van der Waals surface area contributed by atoms with Crippen molar-refractivity contribution in [1.82, 2.24) is 19.5 Å². The lowest BCUT2D eigenvalue weighted by atomic mass is 10.1. The largest absolute Gasteiger partial charge is 0.378 e. The molecule has 0 spiro atoms. The minimum atomic E-state index is -3.88. The maximum absolute atomic E-state index is 13.1. The summed E-state index contributed by atoms with van der Waals surface area (Å²) in [5.41, 5.74) is 2.59. The summed E-state index contributed by atoms with van der Waals surface area (Å²) in [5.74, 6) is 0.716. The third-order valence-corrected chi connectivity index (χ3v) is 7.13. The van der Waals surface area contributed by atoms with Crippen molar-refractivity contribution < 1.29 is 17.9 Å². The van der Waals surface area contributed by atoms with Crippen LogP contribution in [0.3, 0.4) is 0 Å². The fourth-order valence-electron chi connectivity index (χ4n) is 3.73. The standard InChI is InChI=1S/C22H27N5O4S/c1-4-18-23-19-20(26(18)3)24-22(25-21(19)27-10-12-31-13-11-27)32(29,30)14-9-17(28)16-7-5-15(2)6-8-16/h5-8H,4,9-14H2,1-3H3. The van der Waals surface area contributed by atoms with Gasteiger partial charge in [-0.25, -0.2) is 13.4 Å². The number of ketones is 1. The zero-order chi connectivity index (χ0) is 22.9. The van der Waals surface area contributed by atoms with Gasteiger partial charge >= 0.3 is 0 Å². The molecule has 0 N–H and O–H groups in total. The Morgan fingerprint density at radius 1 is 1.09 bits per heavy atom. The molecule has 0 amide bonds. The highest BCUT2D eigenvalue weighted by Crippen LogP contribution is 2.27. The molecule has 1 fully saturated rings. The van der Waals surface area contributed by atoms with Crippen molar-refractivity contribution in [3.05, 3.63) is 41.2 Å². The molecule has 32 heavy (non-hydrogen) atoms. The first-order valence-electron chi connectivity index (χ1n) is 10.7. The molecule has 0 aliphatic carbocycles. The van der Waals surface area contributed by atoms with E-state index in [4.69, 9.17) is 4.74 Å². The number of aryl methyl sites for hydroxylation is 3. The number of sulfone groups is 1. The number of anilines is 1. The van der Waals surface area contributed by atoms with E-state index in [0.29, 0.717) is 55.3 Å². The smallest absolute Gasteiger partial charge is 0.251 e. The van der Waals surface area contributed by atoms with E-state index in [-0.39, 0.29) is 23.1 Å². The Labute approximate surface area is 187 Å². The Bertz CT molecular complexity index is 1250. The molecule has 1 aromatic carbocycles. The van der Waals surface area contributed by atoms with Gasteiger partial charge in [-0.1, -0.05) is 36.8 Å². The highest BCUT2D eigenvalue weighted by Gasteiger charge is 2.27. The van der Waals surface area contributed by atoms with Crippen LogP contribution in [0.25, 0.3) is 11.2 Å². The second-order valence-corrected chi connectivity index (χ2v) is 9.90. The molecule has 3 heterocycles. The predicted molar refractivity (Wildman–Crippen MR) is 121 cm³/mol. The maximum atomic E-state index is 13.1. The number of aromatic nitrogens is 4. The van der Waals surface area contributed by atoms with Crippen molar-refractivity contribution in [2.24, 2.45) is 7.05 Å². The molecule has 0 radical (unpaired) electrons. The number of morpholine rings is 1. The molecular formula is C22H27N5O4S. The lowest BCUT2D eigenvalue weighted by Crippen LogP contribution is -2.37. The van der Waals surface area contributed by atoms with Crippen LogP contribution in [0.4, 0.5) is 5.82 Å². The summed E-state index contributed by atoms with van der Waals surface area (Å²) in [7, 11) is -2.06. The van der Waals surface area contributed by atoms with Gasteiger partial charge in [-0.05, 0) is 6.92 Å². The number of hydrogen-bond donors (Lipinski definition) is 0. The number of carbonyl (C=O) groups is 1. The molecule has 10 heteroatoms. The lowest BCUT2D eigenvalue weighted by Gasteiger charge is -2.28. The number of benzene rings is 1. The predicted octanol–water partition coefficient (Wildman–Crippen LogP) is 2.12. The fraction of sp³-hybridized carbons (Fsp3) is 0.455. The molecule has 3 aromatic rings. The highest BCUT2D eigenvalue weighted by atomic mass is 32.2. The summed E-state index contributed by atoms with van der Waals surface area (Å²) in [5, 5.41) is -0.270. The Kier molecular flexibility index (Phi) is 6.25. The summed E-state index contributed by atoms with van der Waals surface area (Å²) in [6.45, 7) is 6.17. The SMILES string of the molecule is CCc1nc2c(N3CCOCC3)nc(S(=O)(=O)CCC(=O)c3ccc(C)cc3)nc2n1C. The normalized spacial score (nSPS) is 14.8. The van der Waals surface area contributed by atoms with Gasteiger partial charge < -0.3 is 14.2 Å². The summed E-state index contributed by atoms with van der Waals surface area (Å²) in [6.07, 6.45) is 0.549. The minimum absolute atomic E-state index is 0.134. The monoisotopic (exact) mass is 457 g/mol. The first-order valence-corrected chi connectivity index (χ1v) is 12.3. The molecule has 0 saturated carbocycles. The molecule has 1 aliphatic heterocycles. The molecular weight excluding hydrogens is 430 g/mol. The molecule has 0 atom stereocenters. The van der Waals surface area contributed by atoms with E-state index in [1.807, 2.05) is 37.9 Å². The second-order valence-electron chi connectivity index (χ2n) is 7.90. The van der Waals surface area contributed by atoms with Gasteiger partial charge in [0.05, 0.1) is 19.0 Å². The van der Waals surface area contributed by atoms with Crippen LogP contribution in [-0.4, -0.2) is 65.8 Å². The van der Waals surface area contributed by atoms with Crippen molar-refractivity contribution in [2.45, 2.75) is 31.8 Å². The fourth-order valence-corrected chi connectivity index (χ4v) is 4.81. The van der Waals surface area contributed by atoms with Crippen LogP contribution in [0.1, 0.15) is 35.1 Å². The summed E-state index contributed by atoms with van der Waals surface area (Å²) >= 11 is 0. The first kappa shape index (κ1) is 22.3. The molecule has 2 aromatic heterocycles. The Balaban J connectivity index is 1.68. The van der Waals surface area contributed by atoms with Crippen LogP contribution in [0, 0.1) is 6.92 Å². The first-order chi connectivity index (χ1) is 15.3. The zero-order valence-corrected chi connectivity index (χ0v) is 19.4. The minimum Gasteiger partial charge on any atom is -0.378 e. The van der Waals surface area contributed by atoms with E-state index in [9.17, 15) is 13.2 Å². The number of imidazole rings is 1. The Morgan fingerprint density at radius 3 is 2.44 bits per heavy atom. The summed E-state index contributed by atoms with van der Waals surface area (Å²) in [6, 6.07) is 7.10. The molecule has 0 unspecified atom stereocenters. The maximum Gasteiger partial charge on any atom is 0.251 e. The van der Waals surface area contributed by atoms with Crippen LogP contribution in [0.5, 0.6) is 0 Å². The van der Waals surface area contributed by atoms with E-state index in [2.05, 4.69) is 15.0 Å². The molecule has 9 nitrogen and oxygen atoms in total. The molecule has 1 aliphatic rings. The van der Waals surface area contributed by atoms with Gasteiger partial charge in [-0.15, -0.1) is 0 Å². The summed E-state index contributed by atoms with van der Waals surface area (Å²) < 4.78 is 33.5. The quantitative estimate of drug-likeness (QED) is 0.392. The Morgan fingerprint density at radius 2 is 1.78 bits per heavy atom. The average Bonchev–Trinajstić information content (AvgIpc) is 3.13. The van der Waals surface area contributed by atoms with Gasteiger partial charge in [-0.2, -0.15) is 9.97 Å². The van der Waals surface area contributed by atoms with Crippen LogP contribution in [0.2, 0.25) is 0 Å². The van der Waals surface area contributed by atoms with E-state index in [1.165, 1.54) is 0 Å². The van der Waals surface area contributed by atoms with Crippen molar-refractivity contribution >= 4 is 32.6 Å². The highest BCUT2D eigenvalue weighted by molar-refractivity contribution is 7.91. The van der Waals surface area contributed by atoms with E-state index in [0.717, 1.165) is 11.4 Å². The third-order valence-electron chi connectivity index (χ3n) is 5.65. The van der Waals surface area contributed by atoms with E-state index >= 15 is 0 Å². The van der Waals surface area contributed by atoms with Gasteiger partial charge in [0.15, 0.2) is 22.8 Å². The van der Waals surface area contributed by atoms with Crippen molar-refractivity contribution in [3.63, 3.8) is 0 Å². The number of Topliss-reactive ketones (excluding diaryl/α,β-unsaturated/α-hetero) is 1. The van der Waals surface area contributed by atoms with Gasteiger partial charge in [0.1, 0.15) is 5.82 Å². The topological polar surface area (TPSA) is 107 Å². The summed E-state index contributed by atoms with van der Waals surface area (Å²) in [4.78, 5) is 28.0. The zero-order valence-electron chi connectivity index (χ0n) is 18.5. The van der Waals surface area contributed by atoms with Crippen LogP contribution in [0.15, 0.2) is 29.4 Å². The number of ether oxygens (including phenoxy) is 1. The number of hydrogen-bond acceptors (Lipinski definition) is 8. The van der Waals surface area contributed by atoms with Gasteiger partial charge in [0, 0.05) is 38.5 Å². The van der Waals surface area contributed by atoms with Crippen molar-refractivity contribution in [2.75, 3.05) is 37.0 Å². The van der Waals surface area contributed by atoms with Crippen LogP contribution in [-0.2, 0) is 28.0 Å². The molecule has 170 valence electrons. The van der Waals surface area contributed by atoms with Gasteiger partial charge in [-0.3, -0.25) is 4.79 Å². The Hall–Kier alpha value is -2.85. The molecule has 4 rings (SSSR count). The number of carbonyl (C=O) groups excluding carboxylic acids is 1. The third kappa shape index (κ3) is 4.37. The molecule has 1 saturated heterocycles. The second kappa shape index (κ2) is 8.95. The molecule has 0 bridgehead atoms. The van der Waals surface area contributed by atoms with Crippen molar-refractivity contribution in [1.29, 1.82) is 0 Å². The number of fused-ring (bicyclic) bond motifs is 1. The van der Waals surface area contributed by atoms with Gasteiger partial charge in [0.25, 0.3) is 5.16 Å². The van der Waals surface area contributed by atoms with Gasteiger partial charge in [0.2, 0.25) is 9.84 Å². The average molecular weight is 458 g/mol. The van der Waals surface area contributed by atoms with Crippen molar-refractivity contribution in [3.8, 4) is 0 Å². The lowest BCUT2D eigenvalue weighted by molar-refractivity contribution is 0.0988. The van der Waals surface area contributed by atoms with E-state index in [1.54, 1.807) is 16.7 Å². The van der Waals surface area contributed by atoms with Crippen LogP contribution >= 0.6 is 0 Å². The van der Waals surface area contributed by atoms with Crippen LogP contribution < -0.4 is 4.90 Å². The number of nitrogens with zero attached hydrogens (tertiary/aromatic N) is 5.